The van der Waals surface area contributed by atoms with Crippen molar-refractivity contribution in [1.82, 2.24) is 5.32 Å². The van der Waals surface area contributed by atoms with Gasteiger partial charge in [0.25, 0.3) is 0 Å². The Labute approximate surface area is 254 Å². The van der Waals surface area contributed by atoms with E-state index in [0.29, 0.717) is 24.1 Å². The fourth-order valence-corrected chi connectivity index (χ4v) is 9.44. The SMILES string of the molecule is COC(=O)[C@@]12OC[C@]34[C@H]([C@@H](O)[C@@H]1O)[C@@]1(C)CC(=O)C(OC(=O)[C@@H]5CCCN5)=C(C)[C@@H]1C[C@H]3OC(=O)[C@H](OC(=O)C=C(C)C)[C@@H]24. The third-order valence-corrected chi connectivity index (χ3v) is 11.0. The lowest BCUT2D eigenvalue weighted by Gasteiger charge is -2.67. The highest BCUT2D eigenvalue weighted by Crippen LogP contribution is 2.72. The molecule has 2 bridgehead atoms. The number of allylic oxidation sites excluding steroid dienone is 3. The Morgan fingerprint density at radius 2 is 1.86 bits per heavy atom. The van der Waals surface area contributed by atoms with E-state index in [2.05, 4.69) is 5.32 Å². The molecular formula is C31H39NO12. The second kappa shape index (κ2) is 10.5. The maximum Gasteiger partial charge on any atom is 0.348 e. The number of carbonyl (C=O) groups excluding carboxylic acids is 5. The van der Waals surface area contributed by atoms with E-state index in [4.69, 9.17) is 23.7 Å². The molecule has 2 saturated carbocycles. The minimum atomic E-state index is -2.25. The number of aliphatic hydroxyl groups excluding tert-OH is 2. The van der Waals surface area contributed by atoms with E-state index in [1.165, 1.54) is 6.08 Å². The van der Waals surface area contributed by atoms with Crippen LogP contribution in [0.5, 0.6) is 0 Å². The summed E-state index contributed by atoms with van der Waals surface area (Å²) >= 11 is 0. The van der Waals surface area contributed by atoms with Gasteiger partial charge in [0.1, 0.15) is 18.2 Å². The number of esters is 4. The van der Waals surface area contributed by atoms with Crippen molar-refractivity contribution in [3.8, 4) is 0 Å². The Kier molecular flexibility index (Phi) is 7.34. The van der Waals surface area contributed by atoms with E-state index in [-0.39, 0.29) is 25.2 Å². The molecule has 3 aliphatic heterocycles. The fourth-order valence-electron chi connectivity index (χ4n) is 9.44. The second-order valence-electron chi connectivity index (χ2n) is 13.6. The Bertz CT molecular complexity index is 1380. The zero-order valence-electron chi connectivity index (χ0n) is 25.4. The molecule has 6 rings (SSSR count). The number of carbonyl (C=O) groups is 5. The largest absolute Gasteiger partial charge is 0.467 e. The number of ketones is 1. The Balaban J connectivity index is 1.47. The molecule has 3 N–H and O–H groups in total. The lowest BCUT2D eigenvalue weighted by atomic mass is 9.38. The summed E-state index contributed by atoms with van der Waals surface area (Å²) in [6, 6.07) is -0.519. The van der Waals surface area contributed by atoms with Gasteiger partial charge in [-0.05, 0) is 63.5 Å². The predicted octanol–water partition coefficient (Wildman–Crippen LogP) is 0.254. The molecule has 0 aromatic carbocycles. The van der Waals surface area contributed by atoms with Gasteiger partial charge in [0.2, 0.25) is 11.7 Å². The molecule has 5 fully saturated rings. The molecule has 1 spiro atoms. The fraction of sp³-hybridized carbons (Fsp3) is 0.710. The van der Waals surface area contributed by atoms with Crippen LogP contribution in [0.2, 0.25) is 0 Å². The molecule has 44 heavy (non-hydrogen) atoms. The topological polar surface area (TPSA) is 184 Å². The van der Waals surface area contributed by atoms with Crippen LogP contribution >= 0.6 is 0 Å². The molecule has 0 aromatic heterocycles. The molecule has 6 aliphatic rings. The summed E-state index contributed by atoms with van der Waals surface area (Å²) < 4.78 is 28.5. The predicted molar refractivity (Wildman–Crippen MR) is 147 cm³/mol. The first-order valence-corrected chi connectivity index (χ1v) is 15.1. The van der Waals surface area contributed by atoms with Gasteiger partial charge in [0.15, 0.2) is 11.5 Å². The van der Waals surface area contributed by atoms with Crippen LogP contribution in [0.4, 0.5) is 0 Å². The molecule has 0 aromatic rings. The Hall–Kier alpha value is -3.13. The smallest absolute Gasteiger partial charge is 0.348 e. The number of Topliss-reactive ketones (excluding diaryl/α,β-unsaturated/α-hetero) is 1. The summed E-state index contributed by atoms with van der Waals surface area (Å²) in [6.07, 6.45) is -3.59. The maximum absolute atomic E-state index is 13.7. The molecule has 3 saturated heterocycles. The molecule has 3 aliphatic carbocycles. The van der Waals surface area contributed by atoms with Crippen LogP contribution in [0, 0.1) is 28.6 Å². The lowest BCUT2D eigenvalue weighted by molar-refractivity contribution is -0.290. The summed E-state index contributed by atoms with van der Waals surface area (Å²) in [4.78, 5) is 66.6. The van der Waals surface area contributed by atoms with Crippen LogP contribution in [0.25, 0.3) is 0 Å². The summed E-state index contributed by atoms with van der Waals surface area (Å²) in [5.74, 6) is -6.65. The Morgan fingerprint density at radius 3 is 2.50 bits per heavy atom. The number of aliphatic hydroxyl groups is 2. The average molecular weight is 618 g/mol. The molecule has 13 nitrogen and oxygen atoms in total. The van der Waals surface area contributed by atoms with E-state index in [0.717, 1.165) is 13.5 Å². The van der Waals surface area contributed by atoms with Crippen LogP contribution in [-0.2, 0) is 47.7 Å². The summed E-state index contributed by atoms with van der Waals surface area (Å²) in [5, 5.41) is 26.7. The number of hydrogen-bond donors (Lipinski definition) is 3. The van der Waals surface area contributed by atoms with Gasteiger partial charge >= 0.3 is 23.9 Å². The number of fused-ring (bicyclic) bond motifs is 2. The van der Waals surface area contributed by atoms with Gasteiger partial charge in [-0.2, -0.15) is 0 Å². The lowest BCUT2D eigenvalue weighted by Crippen LogP contribution is -2.79. The first-order chi connectivity index (χ1) is 20.7. The van der Waals surface area contributed by atoms with Gasteiger partial charge in [-0.15, -0.1) is 0 Å². The monoisotopic (exact) mass is 617 g/mol. The second-order valence-corrected chi connectivity index (χ2v) is 13.6. The summed E-state index contributed by atoms with van der Waals surface area (Å²) in [6.45, 7) is 7.26. The highest BCUT2D eigenvalue weighted by molar-refractivity contribution is 5.98. The minimum Gasteiger partial charge on any atom is -0.467 e. The number of hydrogen-bond acceptors (Lipinski definition) is 13. The van der Waals surface area contributed by atoms with Gasteiger partial charge in [0, 0.05) is 23.8 Å². The highest BCUT2D eigenvalue weighted by Gasteiger charge is 2.85. The van der Waals surface area contributed by atoms with Crippen LogP contribution < -0.4 is 5.32 Å². The number of methoxy groups -OCH3 is 1. The third kappa shape index (κ3) is 4.01. The molecule has 13 heteroatoms. The van der Waals surface area contributed by atoms with Crippen molar-refractivity contribution in [1.29, 1.82) is 0 Å². The van der Waals surface area contributed by atoms with Crippen molar-refractivity contribution in [2.24, 2.45) is 28.6 Å². The van der Waals surface area contributed by atoms with Gasteiger partial charge in [0.05, 0.1) is 25.7 Å². The number of nitrogens with one attached hydrogen (secondary N) is 1. The highest BCUT2D eigenvalue weighted by atomic mass is 16.6. The standard InChI is InChI=1S/C31H39NO12/c1-13(2)9-19(34)43-22-24-30-12-41-31(24,28(39)40-5)25(36)20(35)23(30)29(4)11-17(33)21(44-26(37)16-7-6-8-32-16)14(3)15(29)10-18(30)42-27(22)38/h9,15-16,18,20,22-25,32,35-36H,6-8,10-12H2,1-5H3/t15-,16-,18+,20+,22+,23+,24+,25-,29-,30+,31-/m0/s1. The van der Waals surface area contributed by atoms with E-state index in [1.807, 2.05) is 6.92 Å². The normalized spacial score (nSPS) is 43.8. The molecule has 0 amide bonds. The van der Waals surface area contributed by atoms with Gasteiger partial charge in [-0.1, -0.05) is 12.5 Å². The molecular weight excluding hydrogens is 578 g/mol. The van der Waals surface area contributed by atoms with Crippen molar-refractivity contribution >= 4 is 29.7 Å². The van der Waals surface area contributed by atoms with Gasteiger partial charge < -0.3 is 39.2 Å². The number of ether oxygens (including phenoxy) is 5. The van der Waals surface area contributed by atoms with E-state index >= 15 is 0 Å². The van der Waals surface area contributed by atoms with Crippen molar-refractivity contribution in [3.05, 3.63) is 23.0 Å². The maximum atomic E-state index is 13.7. The van der Waals surface area contributed by atoms with Crippen molar-refractivity contribution < 1.29 is 57.9 Å². The molecule has 240 valence electrons. The van der Waals surface area contributed by atoms with Crippen LogP contribution in [-0.4, -0.2) is 96.2 Å². The zero-order chi connectivity index (χ0) is 31.9. The minimum absolute atomic E-state index is 0.0632. The quantitative estimate of drug-likeness (QED) is 0.217. The van der Waals surface area contributed by atoms with Crippen LogP contribution in [0.3, 0.4) is 0 Å². The van der Waals surface area contributed by atoms with E-state index in [9.17, 15) is 34.2 Å². The molecule has 11 atom stereocenters. The first-order valence-electron chi connectivity index (χ1n) is 15.1. The van der Waals surface area contributed by atoms with Crippen LogP contribution in [0.15, 0.2) is 23.0 Å². The zero-order valence-corrected chi connectivity index (χ0v) is 25.4. The first kappa shape index (κ1) is 30.9. The van der Waals surface area contributed by atoms with E-state index in [1.54, 1.807) is 20.8 Å². The van der Waals surface area contributed by atoms with Gasteiger partial charge in [-0.25, -0.2) is 19.2 Å². The molecule has 3 heterocycles. The summed E-state index contributed by atoms with van der Waals surface area (Å²) in [5.41, 5.74) is -3.58. The van der Waals surface area contributed by atoms with Crippen molar-refractivity contribution in [2.75, 3.05) is 20.3 Å². The number of rotatable bonds is 5. The van der Waals surface area contributed by atoms with Gasteiger partial charge in [-0.3, -0.25) is 4.79 Å². The average Bonchev–Trinajstić information content (AvgIpc) is 3.60. The molecule has 0 radical (unpaired) electrons. The Morgan fingerprint density at radius 1 is 1.14 bits per heavy atom. The van der Waals surface area contributed by atoms with Crippen molar-refractivity contribution in [2.45, 2.75) is 89.4 Å². The van der Waals surface area contributed by atoms with Crippen LogP contribution in [0.1, 0.15) is 53.4 Å². The van der Waals surface area contributed by atoms with E-state index < -0.39 is 94.3 Å². The summed E-state index contributed by atoms with van der Waals surface area (Å²) in [7, 11) is 1.09. The third-order valence-electron chi connectivity index (χ3n) is 11.0. The molecule has 0 unspecified atom stereocenters. The van der Waals surface area contributed by atoms with Crippen molar-refractivity contribution in [3.63, 3.8) is 0 Å².